The van der Waals surface area contributed by atoms with Gasteiger partial charge in [-0.1, -0.05) is 0 Å². The molecule has 11 nitrogen and oxygen atoms in total. The molecule has 3 N–H and O–H groups in total. The number of rotatable bonds is 8. The molecule has 2 saturated heterocycles. The molecule has 3 fully saturated rings. The molecule has 12 heteroatoms. The molecule has 1 amide bonds. The Kier molecular flexibility index (Phi) is 7.19. The molecule has 0 unspecified atom stereocenters. The Hall–Kier alpha value is -3.19. The maximum atomic E-state index is 13.6. The number of amides is 1. The smallest absolute Gasteiger partial charge is 0.274 e. The molecule has 2 aliphatic heterocycles. The first kappa shape index (κ1) is 27.0. The summed E-state index contributed by atoms with van der Waals surface area (Å²) < 4.78 is 39.5. The van der Waals surface area contributed by atoms with Crippen LogP contribution < -0.4 is 19.8 Å². The van der Waals surface area contributed by atoms with E-state index in [9.17, 15) is 13.2 Å². The minimum atomic E-state index is -3.82. The number of ether oxygens (including phenoxy) is 1. The van der Waals surface area contributed by atoms with Crippen LogP contribution in [-0.2, 0) is 14.8 Å². The molecule has 6 rings (SSSR count). The highest BCUT2D eigenvalue weighted by molar-refractivity contribution is 7.89. The summed E-state index contributed by atoms with van der Waals surface area (Å²) in [6.45, 7) is 5.03. The Bertz CT molecular complexity index is 1510. The van der Waals surface area contributed by atoms with Gasteiger partial charge in [0.05, 0.1) is 41.9 Å². The molecular weight excluding hydrogens is 534 g/mol. The number of furan rings is 1. The first-order chi connectivity index (χ1) is 19.3. The summed E-state index contributed by atoms with van der Waals surface area (Å²) in [4.78, 5) is 22.6. The number of piperidine rings is 1. The van der Waals surface area contributed by atoms with Gasteiger partial charge in [0.1, 0.15) is 5.69 Å². The lowest BCUT2D eigenvalue weighted by atomic mass is 9.93. The normalized spacial score (nSPS) is 20.7. The number of hydrogen-bond acceptors (Lipinski definition) is 9. The van der Waals surface area contributed by atoms with E-state index in [0.29, 0.717) is 47.9 Å². The van der Waals surface area contributed by atoms with E-state index < -0.39 is 15.9 Å². The number of nitrogens with one attached hydrogen (secondary N) is 2. The molecule has 1 saturated carbocycles. The Labute approximate surface area is 233 Å². The second kappa shape index (κ2) is 10.7. The van der Waals surface area contributed by atoms with Crippen LogP contribution in [0.3, 0.4) is 0 Å². The number of carbonyl (C=O) groups is 1. The number of carbonyl (C=O) groups excluding carboxylic acids is 1. The van der Waals surface area contributed by atoms with Crippen LogP contribution in [-0.4, -0.2) is 76.5 Å². The molecule has 3 aliphatic rings. The molecule has 0 bridgehead atoms. The zero-order valence-electron chi connectivity index (χ0n) is 22.6. The standard InChI is InChI=1S/C28H35N5O6S/c1-19-18-33(12-15-38-19)26-25-20(4-14-39-25)16-23(30-26)27(35)31-22-3-2-21(40(36,37)29-9-13-34)17-24(22)32-10-7-28(5-6-28)8-11-32/h2-4,14,16-17,19,29,34H,5-13,15,18H2,1H3,(H,31,35)/t19-/m1/s1. The summed E-state index contributed by atoms with van der Waals surface area (Å²) in [5.74, 6) is 0.210. The zero-order valence-corrected chi connectivity index (χ0v) is 23.4. The van der Waals surface area contributed by atoms with Crippen molar-refractivity contribution in [2.75, 3.05) is 61.1 Å². The Morgan fingerprint density at radius 3 is 2.65 bits per heavy atom. The van der Waals surface area contributed by atoms with Gasteiger partial charge in [0.25, 0.3) is 5.91 Å². The van der Waals surface area contributed by atoms with Crippen LogP contribution in [0.1, 0.15) is 43.1 Å². The highest BCUT2D eigenvalue weighted by atomic mass is 32.2. The van der Waals surface area contributed by atoms with Gasteiger partial charge in [-0.25, -0.2) is 18.1 Å². The molecule has 40 heavy (non-hydrogen) atoms. The fourth-order valence-corrected chi connectivity index (χ4v) is 6.74. The molecule has 0 radical (unpaired) electrons. The van der Waals surface area contributed by atoms with Crippen molar-refractivity contribution in [2.45, 2.75) is 43.6 Å². The Morgan fingerprint density at radius 2 is 1.93 bits per heavy atom. The van der Waals surface area contributed by atoms with E-state index in [0.717, 1.165) is 31.3 Å². The number of aliphatic hydroxyl groups is 1. The number of sulfonamides is 1. The van der Waals surface area contributed by atoms with Crippen molar-refractivity contribution in [1.29, 1.82) is 0 Å². The van der Waals surface area contributed by atoms with Gasteiger partial charge in [0.2, 0.25) is 10.0 Å². The van der Waals surface area contributed by atoms with Crippen LogP contribution in [0.4, 0.5) is 17.2 Å². The quantitative estimate of drug-likeness (QED) is 0.374. The van der Waals surface area contributed by atoms with Crippen molar-refractivity contribution in [3.05, 3.63) is 42.3 Å². The molecule has 1 aliphatic carbocycles. The summed E-state index contributed by atoms with van der Waals surface area (Å²) in [6.07, 6.45) is 6.20. The summed E-state index contributed by atoms with van der Waals surface area (Å²) in [5, 5.41) is 12.9. The Balaban J connectivity index is 1.31. The number of aliphatic hydroxyl groups excluding tert-OH is 1. The van der Waals surface area contributed by atoms with Crippen LogP contribution in [0.15, 0.2) is 45.9 Å². The van der Waals surface area contributed by atoms with E-state index in [4.69, 9.17) is 19.2 Å². The van der Waals surface area contributed by atoms with Crippen LogP contribution in [0.25, 0.3) is 11.0 Å². The number of anilines is 3. The van der Waals surface area contributed by atoms with Crippen molar-refractivity contribution < 1.29 is 27.5 Å². The second-order valence-corrected chi connectivity index (χ2v) is 12.8. The average molecular weight is 570 g/mol. The van der Waals surface area contributed by atoms with Crippen molar-refractivity contribution in [2.24, 2.45) is 5.41 Å². The molecule has 1 aromatic carbocycles. The number of nitrogens with zero attached hydrogens (tertiary/aromatic N) is 3. The minimum absolute atomic E-state index is 0.0292. The van der Waals surface area contributed by atoms with Gasteiger partial charge in [-0.3, -0.25) is 4.79 Å². The first-order valence-electron chi connectivity index (χ1n) is 13.8. The third kappa shape index (κ3) is 5.40. The number of fused-ring (bicyclic) bond motifs is 1. The maximum Gasteiger partial charge on any atom is 0.274 e. The van der Waals surface area contributed by atoms with Crippen LogP contribution in [0.5, 0.6) is 0 Å². The molecule has 1 atom stereocenters. The van der Waals surface area contributed by atoms with Gasteiger partial charge in [0, 0.05) is 38.1 Å². The highest BCUT2D eigenvalue weighted by Crippen LogP contribution is 2.54. The minimum Gasteiger partial charge on any atom is -0.460 e. The van der Waals surface area contributed by atoms with Crippen LogP contribution in [0.2, 0.25) is 0 Å². The van der Waals surface area contributed by atoms with Gasteiger partial charge in [-0.2, -0.15) is 0 Å². The van der Waals surface area contributed by atoms with Crippen molar-refractivity contribution in [1.82, 2.24) is 9.71 Å². The third-order valence-electron chi connectivity index (χ3n) is 8.24. The number of benzene rings is 1. The zero-order chi connectivity index (χ0) is 27.9. The summed E-state index contributed by atoms with van der Waals surface area (Å²) in [6, 6.07) is 8.22. The molecule has 214 valence electrons. The van der Waals surface area contributed by atoms with E-state index >= 15 is 0 Å². The molecule has 4 heterocycles. The molecule has 2 aromatic heterocycles. The van der Waals surface area contributed by atoms with Crippen LogP contribution >= 0.6 is 0 Å². The predicted octanol–water partition coefficient (Wildman–Crippen LogP) is 2.96. The fraction of sp³-hybridized carbons (Fsp3) is 0.500. The van der Waals surface area contributed by atoms with Gasteiger partial charge in [-0.05, 0) is 68.4 Å². The SMILES string of the molecule is C[C@@H]1CN(c2nc(C(=O)Nc3ccc(S(=O)(=O)NCCO)cc3N3CCC4(CC3)CC4)cc3ccoc23)CCO1. The summed E-state index contributed by atoms with van der Waals surface area (Å²) in [5.41, 5.74) is 2.48. The van der Waals surface area contributed by atoms with Gasteiger partial charge in [0.15, 0.2) is 11.4 Å². The lowest BCUT2D eigenvalue weighted by Crippen LogP contribution is -2.41. The topological polar surface area (TPSA) is 137 Å². The molecular formula is C28H35N5O6S. The summed E-state index contributed by atoms with van der Waals surface area (Å²) in [7, 11) is -3.82. The number of aromatic nitrogens is 1. The van der Waals surface area contributed by atoms with Crippen molar-refractivity contribution >= 4 is 44.1 Å². The van der Waals surface area contributed by atoms with Gasteiger partial charge in [-0.15, -0.1) is 0 Å². The fourth-order valence-electron chi connectivity index (χ4n) is 5.69. The first-order valence-corrected chi connectivity index (χ1v) is 15.3. The van der Waals surface area contributed by atoms with E-state index in [1.165, 1.54) is 18.9 Å². The maximum absolute atomic E-state index is 13.6. The second-order valence-electron chi connectivity index (χ2n) is 11.0. The van der Waals surface area contributed by atoms with Gasteiger partial charge >= 0.3 is 0 Å². The van der Waals surface area contributed by atoms with E-state index in [-0.39, 0.29) is 29.8 Å². The number of morpholine rings is 1. The van der Waals surface area contributed by atoms with E-state index in [1.807, 2.05) is 13.0 Å². The Morgan fingerprint density at radius 1 is 1.12 bits per heavy atom. The number of hydrogen-bond donors (Lipinski definition) is 3. The van der Waals surface area contributed by atoms with E-state index in [2.05, 4.69) is 19.8 Å². The largest absolute Gasteiger partial charge is 0.460 e. The van der Waals surface area contributed by atoms with E-state index in [1.54, 1.807) is 24.5 Å². The van der Waals surface area contributed by atoms with Crippen molar-refractivity contribution in [3.63, 3.8) is 0 Å². The predicted molar refractivity (Wildman–Crippen MR) is 151 cm³/mol. The lowest BCUT2D eigenvalue weighted by Gasteiger charge is -2.35. The lowest BCUT2D eigenvalue weighted by molar-refractivity contribution is 0.0530. The third-order valence-corrected chi connectivity index (χ3v) is 9.70. The number of pyridine rings is 1. The molecule has 1 spiro atoms. The summed E-state index contributed by atoms with van der Waals surface area (Å²) >= 11 is 0. The average Bonchev–Trinajstić information content (AvgIpc) is 3.53. The van der Waals surface area contributed by atoms with Gasteiger partial charge < -0.3 is 29.4 Å². The molecule has 3 aromatic rings. The van der Waals surface area contributed by atoms with Crippen LogP contribution in [0, 0.1) is 5.41 Å². The van der Waals surface area contributed by atoms with Crippen molar-refractivity contribution in [3.8, 4) is 0 Å². The monoisotopic (exact) mass is 569 g/mol. The highest BCUT2D eigenvalue weighted by Gasteiger charge is 2.44.